The van der Waals surface area contributed by atoms with Gasteiger partial charge in [0, 0.05) is 5.02 Å². The Morgan fingerprint density at radius 2 is 2.06 bits per heavy atom. The molecule has 0 saturated heterocycles. The Balaban J connectivity index is 2.35. The maximum Gasteiger partial charge on any atom is 0.151 e. The van der Waals surface area contributed by atoms with Gasteiger partial charge >= 0.3 is 0 Å². The Hall–Kier alpha value is -2.18. The predicted molar refractivity (Wildman–Crippen MR) is 71.8 cm³/mol. The second-order valence-corrected chi connectivity index (χ2v) is 4.25. The first-order chi connectivity index (χ1) is 8.61. The van der Waals surface area contributed by atoms with Crippen molar-refractivity contribution in [2.75, 3.05) is 5.73 Å². The highest BCUT2D eigenvalue weighted by molar-refractivity contribution is 6.31. The molecule has 0 radical (unpaired) electrons. The maximum absolute atomic E-state index is 8.89. The third-order valence-electron chi connectivity index (χ3n) is 2.54. The van der Waals surface area contributed by atoms with Gasteiger partial charge in [-0.05, 0) is 42.8 Å². The number of nitrogen functional groups attached to an aromatic ring is 1. The fourth-order valence-corrected chi connectivity index (χ4v) is 1.66. The van der Waals surface area contributed by atoms with E-state index in [1.807, 2.05) is 19.1 Å². The number of nitriles is 1. The standard InChI is InChI=1S/C14H11ClN2O/c1-9-7-11(5-6-12(9)15)18-13-4-2-3-10(8-16)14(13)17/h2-7H,17H2,1H3. The molecule has 2 rings (SSSR count). The van der Waals surface area contributed by atoms with Gasteiger partial charge in [0.25, 0.3) is 0 Å². The number of para-hydroxylation sites is 1. The molecular weight excluding hydrogens is 248 g/mol. The molecule has 0 bridgehead atoms. The lowest BCUT2D eigenvalue weighted by atomic mass is 10.2. The Morgan fingerprint density at radius 1 is 1.28 bits per heavy atom. The number of anilines is 1. The first kappa shape index (κ1) is 12.3. The lowest BCUT2D eigenvalue weighted by molar-refractivity contribution is 0.484. The van der Waals surface area contributed by atoms with Crippen LogP contribution >= 0.6 is 11.6 Å². The monoisotopic (exact) mass is 258 g/mol. The van der Waals surface area contributed by atoms with E-state index >= 15 is 0 Å². The van der Waals surface area contributed by atoms with E-state index in [2.05, 4.69) is 0 Å². The molecular formula is C14H11ClN2O. The zero-order valence-corrected chi connectivity index (χ0v) is 10.5. The number of ether oxygens (including phenoxy) is 1. The van der Waals surface area contributed by atoms with Crippen molar-refractivity contribution in [1.29, 1.82) is 5.26 Å². The van der Waals surface area contributed by atoms with Gasteiger partial charge in [0.05, 0.1) is 11.3 Å². The number of aryl methyl sites for hydroxylation is 1. The highest BCUT2D eigenvalue weighted by atomic mass is 35.5. The zero-order chi connectivity index (χ0) is 13.1. The molecule has 0 heterocycles. The number of rotatable bonds is 2. The third-order valence-corrected chi connectivity index (χ3v) is 2.97. The summed E-state index contributed by atoms with van der Waals surface area (Å²) < 4.78 is 5.65. The van der Waals surface area contributed by atoms with Crippen molar-refractivity contribution in [3.8, 4) is 17.6 Å². The number of hydrogen-bond donors (Lipinski definition) is 1. The fraction of sp³-hybridized carbons (Fsp3) is 0.0714. The number of halogens is 1. The minimum absolute atomic E-state index is 0.340. The lowest BCUT2D eigenvalue weighted by Crippen LogP contribution is -1.95. The molecule has 0 atom stereocenters. The molecule has 4 heteroatoms. The number of benzene rings is 2. The minimum Gasteiger partial charge on any atom is -0.455 e. The van der Waals surface area contributed by atoms with Crippen molar-refractivity contribution in [2.45, 2.75) is 6.92 Å². The molecule has 2 aromatic carbocycles. The molecule has 90 valence electrons. The van der Waals surface area contributed by atoms with Crippen LogP contribution in [0.3, 0.4) is 0 Å². The van der Waals surface area contributed by atoms with Crippen LogP contribution in [-0.2, 0) is 0 Å². The summed E-state index contributed by atoms with van der Waals surface area (Å²) in [5, 5.41) is 9.57. The van der Waals surface area contributed by atoms with E-state index in [0.29, 0.717) is 27.8 Å². The van der Waals surface area contributed by atoms with Crippen LogP contribution in [0.25, 0.3) is 0 Å². The normalized spacial score (nSPS) is 9.83. The molecule has 2 aromatic rings. The Morgan fingerprint density at radius 3 is 2.72 bits per heavy atom. The van der Waals surface area contributed by atoms with Gasteiger partial charge in [-0.3, -0.25) is 0 Å². The van der Waals surface area contributed by atoms with Crippen LogP contribution in [-0.4, -0.2) is 0 Å². The summed E-state index contributed by atoms with van der Waals surface area (Å²) in [5.41, 5.74) is 7.50. The molecule has 0 amide bonds. The summed E-state index contributed by atoms with van der Waals surface area (Å²) in [5.74, 6) is 1.11. The van der Waals surface area contributed by atoms with Crippen molar-refractivity contribution in [2.24, 2.45) is 0 Å². The van der Waals surface area contributed by atoms with Crippen LogP contribution in [0.1, 0.15) is 11.1 Å². The number of nitrogens with two attached hydrogens (primary N) is 1. The fourth-order valence-electron chi connectivity index (χ4n) is 1.54. The van der Waals surface area contributed by atoms with Gasteiger partial charge in [-0.15, -0.1) is 0 Å². The van der Waals surface area contributed by atoms with Gasteiger partial charge in [-0.25, -0.2) is 0 Å². The largest absolute Gasteiger partial charge is 0.455 e. The molecule has 0 saturated carbocycles. The summed E-state index contributed by atoms with van der Waals surface area (Å²) in [6.07, 6.45) is 0. The topological polar surface area (TPSA) is 59.0 Å². The van der Waals surface area contributed by atoms with Gasteiger partial charge < -0.3 is 10.5 Å². The van der Waals surface area contributed by atoms with E-state index in [1.54, 1.807) is 30.3 Å². The molecule has 0 aliphatic carbocycles. The molecule has 18 heavy (non-hydrogen) atoms. The van der Waals surface area contributed by atoms with Gasteiger partial charge in [0.15, 0.2) is 5.75 Å². The lowest BCUT2D eigenvalue weighted by Gasteiger charge is -2.10. The molecule has 3 nitrogen and oxygen atoms in total. The summed E-state index contributed by atoms with van der Waals surface area (Å²) in [7, 11) is 0. The van der Waals surface area contributed by atoms with E-state index in [4.69, 9.17) is 27.3 Å². The van der Waals surface area contributed by atoms with E-state index in [9.17, 15) is 0 Å². The summed E-state index contributed by atoms with van der Waals surface area (Å²) >= 11 is 5.94. The second-order valence-electron chi connectivity index (χ2n) is 3.84. The van der Waals surface area contributed by atoms with Gasteiger partial charge in [-0.1, -0.05) is 17.7 Å². The van der Waals surface area contributed by atoms with Crippen molar-refractivity contribution < 1.29 is 4.74 Å². The van der Waals surface area contributed by atoms with Crippen LogP contribution < -0.4 is 10.5 Å². The first-order valence-corrected chi connectivity index (χ1v) is 5.72. The van der Waals surface area contributed by atoms with Crippen molar-refractivity contribution >= 4 is 17.3 Å². The summed E-state index contributed by atoms with van der Waals surface area (Å²) in [6.45, 7) is 1.89. The first-order valence-electron chi connectivity index (χ1n) is 5.34. The Labute approximate surface area is 110 Å². The van der Waals surface area contributed by atoms with Crippen LogP contribution in [0.4, 0.5) is 5.69 Å². The highest BCUT2D eigenvalue weighted by Gasteiger charge is 2.07. The molecule has 0 aliphatic heterocycles. The van der Waals surface area contributed by atoms with E-state index in [0.717, 1.165) is 5.56 Å². The van der Waals surface area contributed by atoms with Gasteiger partial charge in [0.1, 0.15) is 11.8 Å². The van der Waals surface area contributed by atoms with E-state index in [-0.39, 0.29) is 0 Å². The molecule has 0 fully saturated rings. The smallest absolute Gasteiger partial charge is 0.151 e. The van der Waals surface area contributed by atoms with Crippen LogP contribution in [0.5, 0.6) is 11.5 Å². The van der Waals surface area contributed by atoms with Crippen molar-refractivity contribution in [3.63, 3.8) is 0 Å². The van der Waals surface area contributed by atoms with Crippen LogP contribution in [0.15, 0.2) is 36.4 Å². The van der Waals surface area contributed by atoms with Crippen LogP contribution in [0, 0.1) is 18.3 Å². The molecule has 0 aliphatic rings. The Kier molecular flexibility index (Phi) is 3.40. The predicted octanol–water partition coefficient (Wildman–Crippen LogP) is 3.89. The molecule has 2 N–H and O–H groups in total. The van der Waals surface area contributed by atoms with E-state index < -0.39 is 0 Å². The van der Waals surface area contributed by atoms with Crippen LogP contribution in [0.2, 0.25) is 5.02 Å². The average molecular weight is 259 g/mol. The average Bonchev–Trinajstić information content (AvgIpc) is 2.36. The molecule has 0 unspecified atom stereocenters. The number of hydrogen-bond acceptors (Lipinski definition) is 3. The molecule has 0 aromatic heterocycles. The van der Waals surface area contributed by atoms with E-state index in [1.165, 1.54) is 0 Å². The second kappa shape index (κ2) is 4.99. The van der Waals surface area contributed by atoms with Crippen molar-refractivity contribution in [1.82, 2.24) is 0 Å². The highest BCUT2D eigenvalue weighted by Crippen LogP contribution is 2.31. The summed E-state index contributed by atoms with van der Waals surface area (Å²) in [4.78, 5) is 0. The quantitative estimate of drug-likeness (QED) is 0.831. The minimum atomic E-state index is 0.340. The SMILES string of the molecule is Cc1cc(Oc2cccc(C#N)c2N)ccc1Cl. The molecule has 0 spiro atoms. The van der Waals surface area contributed by atoms with Gasteiger partial charge in [0.2, 0.25) is 0 Å². The zero-order valence-electron chi connectivity index (χ0n) is 9.77. The summed E-state index contributed by atoms with van der Waals surface area (Å²) in [6, 6.07) is 12.5. The van der Waals surface area contributed by atoms with Crippen molar-refractivity contribution in [3.05, 3.63) is 52.5 Å². The Bertz CT molecular complexity index is 632. The van der Waals surface area contributed by atoms with Gasteiger partial charge in [-0.2, -0.15) is 5.26 Å². The maximum atomic E-state index is 8.89. The number of nitrogens with zero attached hydrogens (tertiary/aromatic N) is 1. The third kappa shape index (κ3) is 2.39.